The fraction of sp³-hybridized carbons (Fsp3) is 0.250. The van der Waals surface area contributed by atoms with Gasteiger partial charge in [0.25, 0.3) is 0 Å². The summed E-state index contributed by atoms with van der Waals surface area (Å²) in [6.07, 6.45) is 0.819. The van der Waals surface area contributed by atoms with Crippen molar-refractivity contribution in [2.75, 3.05) is 12.0 Å². The highest BCUT2D eigenvalue weighted by Gasteiger charge is 2.11. The summed E-state index contributed by atoms with van der Waals surface area (Å²) in [5.74, 6) is 0.228. The first-order valence-corrected chi connectivity index (χ1v) is 6.73. The van der Waals surface area contributed by atoms with E-state index in [-0.39, 0.29) is 5.75 Å². The number of fused-ring (bicyclic) bond motifs is 1. The van der Waals surface area contributed by atoms with Crippen molar-refractivity contribution in [1.82, 2.24) is 4.98 Å². The lowest BCUT2D eigenvalue weighted by atomic mass is 10.2. The van der Waals surface area contributed by atoms with Crippen LogP contribution < -0.4 is 0 Å². The second-order valence-electron chi connectivity index (χ2n) is 3.68. The molecule has 2 aromatic rings. The molecular formula is C12H13NO2S. The third-order valence-corrected chi connectivity index (χ3v) is 3.14. The molecule has 4 heteroatoms. The molecule has 0 amide bonds. The zero-order chi connectivity index (χ0) is 11.5. The first-order valence-electron chi connectivity index (χ1n) is 5.00. The number of pyridine rings is 1. The first kappa shape index (κ1) is 11.2. The summed E-state index contributed by atoms with van der Waals surface area (Å²) in [5.41, 5.74) is 1.43. The van der Waals surface area contributed by atoms with Gasteiger partial charge in [0.2, 0.25) is 0 Å². The molecular weight excluding hydrogens is 222 g/mol. The van der Waals surface area contributed by atoms with E-state index in [1.165, 1.54) is 0 Å². The highest BCUT2D eigenvalue weighted by atomic mass is 32.2. The van der Waals surface area contributed by atoms with Crippen LogP contribution in [0.1, 0.15) is 11.8 Å². The molecule has 0 aliphatic heterocycles. The number of aliphatic hydroxyl groups is 1. The number of para-hydroxylation sites is 1. The molecule has 0 spiro atoms. The second kappa shape index (κ2) is 4.72. The maximum atomic E-state index is 11.0. The van der Waals surface area contributed by atoms with Crippen molar-refractivity contribution in [3.63, 3.8) is 0 Å². The van der Waals surface area contributed by atoms with Crippen LogP contribution in [0.25, 0.3) is 10.9 Å². The summed E-state index contributed by atoms with van der Waals surface area (Å²) in [6.45, 7) is 0. The Kier molecular flexibility index (Phi) is 3.31. The number of aliphatic hydroxyl groups excluding tert-OH is 1. The standard InChI is InChI=1S/C12H13NO2S/c1-16(15)8-12(14)11-7-6-9-4-2-3-5-10(9)13-11/h2-7,12,14H,8H2,1H3. The summed E-state index contributed by atoms with van der Waals surface area (Å²) in [4.78, 5) is 4.34. The number of hydrogen-bond acceptors (Lipinski definition) is 3. The van der Waals surface area contributed by atoms with Gasteiger partial charge < -0.3 is 5.11 Å². The van der Waals surface area contributed by atoms with Crippen LogP contribution >= 0.6 is 0 Å². The third kappa shape index (κ3) is 2.46. The fourth-order valence-corrected chi connectivity index (χ4v) is 2.19. The number of rotatable bonds is 3. The lowest BCUT2D eigenvalue weighted by Gasteiger charge is -2.08. The summed E-state index contributed by atoms with van der Waals surface area (Å²) >= 11 is 0. The largest absolute Gasteiger partial charge is 0.386 e. The quantitative estimate of drug-likeness (QED) is 0.880. The first-order chi connectivity index (χ1) is 7.66. The van der Waals surface area contributed by atoms with Gasteiger partial charge in [-0.2, -0.15) is 0 Å². The van der Waals surface area contributed by atoms with Crippen molar-refractivity contribution in [3.8, 4) is 0 Å². The van der Waals surface area contributed by atoms with Crippen molar-refractivity contribution in [2.45, 2.75) is 6.10 Å². The Hall–Kier alpha value is -1.26. The Labute approximate surface area is 96.6 Å². The van der Waals surface area contributed by atoms with Crippen molar-refractivity contribution < 1.29 is 9.32 Å². The Morgan fingerprint density at radius 2 is 2.06 bits per heavy atom. The minimum atomic E-state index is -1.02. The lowest BCUT2D eigenvalue weighted by Crippen LogP contribution is -2.09. The van der Waals surface area contributed by atoms with Gasteiger partial charge in [0.1, 0.15) is 6.10 Å². The molecule has 0 fully saturated rings. The van der Waals surface area contributed by atoms with Crippen LogP contribution in [-0.4, -0.2) is 26.3 Å². The van der Waals surface area contributed by atoms with Crippen LogP contribution in [0.4, 0.5) is 0 Å². The second-order valence-corrected chi connectivity index (χ2v) is 5.16. The van der Waals surface area contributed by atoms with E-state index in [9.17, 15) is 9.32 Å². The molecule has 1 heterocycles. The van der Waals surface area contributed by atoms with E-state index < -0.39 is 16.9 Å². The number of benzene rings is 1. The Balaban J connectivity index is 2.35. The van der Waals surface area contributed by atoms with E-state index in [1.54, 1.807) is 12.3 Å². The van der Waals surface area contributed by atoms with E-state index in [4.69, 9.17) is 0 Å². The molecule has 1 aromatic heterocycles. The zero-order valence-electron chi connectivity index (χ0n) is 8.96. The predicted molar refractivity (Wildman–Crippen MR) is 65.6 cm³/mol. The molecule has 0 aliphatic carbocycles. The molecule has 16 heavy (non-hydrogen) atoms. The SMILES string of the molecule is CS(=O)CC(O)c1ccc2ccccc2n1. The average molecular weight is 235 g/mol. The average Bonchev–Trinajstić information content (AvgIpc) is 2.27. The number of nitrogens with zero attached hydrogens (tertiary/aromatic N) is 1. The monoisotopic (exact) mass is 235 g/mol. The van der Waals surface area contributed by atoms with Gasteiger partial charge in [0.05, 0.1) is 17.0 Å². The number of hydrogen-bond donors (Lipinski definition) is 1. The highest BCUT2D eigenvalue weighted by molar-refractivity contribution is 7.84. The normalized spacial score (nSPS) is 14.9. The van der Waals surface area contributed by atoms with Gasteiger partial charge in [-0.3, -0.25) is 9.19 Å². The van der Waals surface area contributed by atoms with E-state index in [0.717, 1.165) is 10.9 Å². The van der Waals surface area contributed by atoms with E-state index in [2.05, 4.69) is 4.98 Å². The zero-order valence-corrected chi connectivity index (χ0v) is 9.78. The van der Waals surface area contributed by atoms with Crippen LogP contribution in [0.2, 0.25) is 0 Å². The molecule has 0 bridgehead atoms. The van der Waals surface area contributed by atoms with Crippen molar-refractivity contribution in [3.05, 3.63) is 42.1 Å². The molecule has 2 atom stereocenters. The summed E-state index contributed by atoms with van der Waals surface area (Å²) in [5, 5.41) is 10.8. The maximum absolute atomic E-state index is 11.0. The predicted octanol–water partition coefficient (Wildman–Crippen LogP) is 1.65. The lowest BCUT2D eigenvalue weighted by molar-refractivity contribution is 0.198. The summed E-state index contributed by atoms with van der Waals surface area (Å²) < 4.78 is 11.0. The summed E-state index contributed by atoms with van der Waals surface area (Å²) in [7, 11) is -1.02. The van der Waals surface area contributed by atoms with E-state index >= 15 is 0 Å². The Morgan fingerprint density at radius 1 is 1.31 bits per heavy atom. The minimum absolute atomic E-state index is 0.228. The van der Waals surface area contributed by atoms with Gasteiger partial charge in [0.15, 0.2) is 0 Å². The molecule has 3 nitrogen and oxygen atoms in total. The Morgan fingerprint density at radius 3 is 2.81 bits per heavy atom. The van der Waals surface area contributed by atoms with Gasteiger partial charge in [-0.15, -0.1) is 0 Å². The third-order valence-electron chi connectivity index (χ3n) is 2.35. The minimum Gasteiger partial charge on any atom is -0.386 e. The van der Waals surface area contributed by atoms with Crippen molar-refractivity contribution >= 4 is 21.7 Å². The van der Waals surface area contributed by atoms with Crippen molar-refractivity contribution in [2.24, 2.45) is 0 Å². The fourth-order valence-electron chi connectivity index (χ4n) is 1.58. The molecule has 2 rings (SSSR count). The van der Waals surface area contributed by atoms with Crippen LogP contribution in [-0.2, 0) is 10.8 Å². The van der Waals surface area contributed by atoms with Crippen LogP contribution in [0.5, 0.6) is 0 Å². The van der Waals surface area contributed by atoms with E-state index in [0.29, 0.717) is 5.69 Å². The van der Waals surface area contributed by atoms with Crippen LogP contribution in [0, 0.1) is 0 Å². The molecule has 84 valence electrons. The van der Waals surface area contributed by atoms with Gasteiger partial charge in [-0.05, 0) is 12.1 Å². The van der Waals surface area contributed by atoms with E-state index in [1.807, 2.05) is 30.3 Å². The van der Waals surface area contributed by atoms with Gasteiger partial charge in [-0.1, -0.05) is 24.3 Å². The number of aromatic nitrogens is 1. The molecule has 0 saturated heterocycles. The van der Waals surface area contributed by atoms with Crippen molar-refractivity contribution in [1.29, 1.82) is 0 Å². The van der Waals surface area contributed by atoms with Crippen LogP contribution in [0.15, 0.2) is 36.4 Å². The van der Waals surface area contributed by atoms with Gasteiger partial charge in [0, 0.05) is 22.4 Å². The topological polar surface area (TPSA) is 50.2 Å². The Bertz CT molecular complexity index is 527. The molecule has 0 radical (unpaired) electrons. The molecule has 0 aliphatic rings. The molecule has 2 unspecified atom stereocenters. The van der Waals surface area contributed by atoms with Gasteiger partial charge in [-0.25, -0.2) is 0 Å². The summed E-state index contributed by atoms with van der Waals surface area (Å²) in [6, 6.07) is 11.4. The maximum Gasteiger partial charge on any atom is 0.107 e. The molecule has 1 N–H and O–H groups in total. The van der Waals surface area contributed by atoms with Gasteiger partial charge >= 0.3 is 0 Å². The molecule has 1 aromatic carbocycles. The van der Waals surface area contributed by atoms with Crippen LogP contribution in [0.3, 0.4) is 0 Å². The smallest absolute Gasteiger partial charge is 0.107 e. The molecule has 0 saturated carbocycles. The highest BCUT2D eigenvalue weighted by Crippen LogP contribution is 2.16.